The van der Waals surface area contributed by atoms with Crippen LogP contribution in [0.2, 0.25) is 0 Å². The molecule has 2 saturated carbocycles. The van der Waals surface area contributed by atoms with E-state index >= 15 is 0 Å². The second-order valence-corrected chi connectivity index (χ2v) is 4.74. The number of hydrogen-bond acceptors (Lipinski definition) is 1. The molecule has 68 valence electrons. The lowest BCUT2D eigenvalue weighted by Gasteiger charge is -2.27. The fourth-order valence-electron chi connectivity index (χ4n) is 2.71. The molecular formula is C11H18O. The molecular weight excluding hydrogens is 148 g/mol. The molecule has 0 saturated heterocycles. The second kappa shape index (κ2) is 2.59. The molecule has 0 aromatic carbocycles. The van der Waals surface area contributed by atoms with Gasteiger partial charge < -0.3 is 5.11 Å². The van der Waals surface area contributed by atoms with Gasteiger partial charge in [-0.2, -0.15) is 0 Å². The Morgan fingerprint density at radius 1 is 1.67 bits per heavy atom. The first-order valence-electron chi connectivity index (χ1n) is 4.94. The summed E-state index contributed by atoms with van der Waals surface area (Å²) >= 11 is 0. The zero-order chi connectivity index (χ0) is 8.77. The van der Waals surface area contributed by atoms with Crippen molar-refractivity contribution in [2.24, 2.45) is 17.3 Å². The largest absolute Gasteiger partial charge is 0.396 e. The molecule has 0 spiro atoms. The fraction of sp³-hybridized carbons (Fsp3) is 0.818. The van der Waals surface area contributed by atoms with Crippen molar-refractivity contribution in [3.8, 4) is 0 Å². The molecule has 1 nitrogen and oxygen atoms in total. The Balaban J connectivity index is 1.96. The molecule has 12 heavy (non-hydrogen) atoms. The molecule has 3 atom stereocenters. The molecule has 0 aromatic heterocycles. The SMILES string of the molecule is C=C(C)C1CCC2(CO)CC2C1. The Hall–Kier alpha value is -0.300. The summed E-state index contributed by atoms with van der Waals surface area (Å²) < 4.78 is 0. The van der Waals surface area contributed by atoms with E-state index in [1.165, 1.54) is 31.3 Å². The zero-order valence-corrected chi connectivity index (χ0v) is 7.84. The highest BCUT2D eigenvalue weighted by Gasteiger charge is 2.55. The summed E-state index contributed by atoms with van der Waals surface area (Å²) in [6.45, 7) is 6.57. The van der Waals surface area contributed by atoms with Crippen molar-refractivity contribution in [1.29, 1.82) is 0 Å². The minimum Gasteiger partial charge on any atom is -0.396 e. The van der Waals surface area contributed by atoms with Crippen LogP contribution >= 0.6 is 0 Å². The summed E-state index contributed by atoms with van der Waals surface area (Å²) in [7, 11) is 0. The van der Waals surface area contributed by atoms with Crippen LogP contribution in [0, 0.1) is 17.3 Å². The molecule has 2 aliphatic carbocycles. The zero-order valence-electron chi connectivity index (χ0n) is 7.84. The molecule has 2 aliphatic rings. The molecule has 0 bridgehead atoms. The lowest BCUT2D eigenvalue weighted by atomic mass is 9.79. The standard InChI is InChI=1S/C11H18O/c1-8(2)9-3-4-11(7-12)6-10(11)5-9/h9-10,12H,1,3-7H2,2H3. The van der Waals surface area contributed by atoms with Gasteiger partial charge >= 0.3 is 0 Å². The van der Waals surface area contributed by atoms with Crippen LogP contribution < -0.4 is 0 Å². The minimum atomic E-state index is 0.367. The van der Waals surface area contributed by atoms with E-state index in [1.807, 2.05) is 0 Å². The summed E-state index contributed by atoms with van der Waals surface area (Å²) in [6.07, 6.45) is 5.04. The van der Waals surface area contributed by atoms with Crippen LogP contribution in [-0.2, 0) is 0 Å². The van der Waals surface area contributed by atoms with E-state index in [-0.39, 0.29) is 0 Å². The quantitative estimate of drug-likeness (QED) is 0.624. The van der Waals surface area contributed by atoms with Crippen LogP contribution in [0.5, 0.6) is 0 Å². The molecule has 0 radical (unpaired) electrons. The number of fused-ring (bicyclic) bond motifs is 1. The second-order valence-electron chi connectivity index (χ2n) is 4.74. The van der Waals surface area contributed by atoms with Crippen LogP contribution in [0.15, 0.2) is 12.2 Å². The van der Waals surface area contributed by atoms with E-state index in [2.05, 4.69) is 13.5 Å². The minimum absolute atomic E-state index is 0.367. The van der Waals surface area contributed by atoms with Gasteiger partial charge in [0.15, 0.2) is 0 Å². The van der Waals surface area contributed by atoms with E-state index in [4.69, 9.17) is 0 Å². The van der Waals surface area contributed by atoms with E-state index < -0.39 is 0 Å². The van der Waals surface area contributed by atoms with Crippen molar-refractivity contribution in [2.75, 3.05) is 6.61 Å². The van der Waals surface area contributed by atoms with Crippen molar-refractivity contribution in [3.05, 3.63) is 12.2 Å². The fourth-order valence-corrected chi connectivity index (χ4v) is 2.71. The number of aliphatic hydroxyl groups excluding tert-OH is 1. The third-order valence-corrected chi connectivity index (χ3v) is 3.93. The van der Waals surface area contributed by atoms with E-state index in [1.54, 1.807) is 0 Å². The first-order valence-corrected chi connectivity index (χ1v) is 4.94. The van der Waals surface area contributed by atoms with Crippen LogP contribution in [0.1, 0.15) is 32.6 Å². The van der Waals surface area contributed by atoms with Crippen LogP contribution in [0.4, 0.5) is 0 Å². The summed E-state index contributed by atoms with van der Waals surface area (Å²) in [6, 6.07) is 0. The van der Waals surface area contributed by atoms with E-state index in [9.17, 15) is 5.11 Å². The van der Waals surface area contributed by atoms with Crippen LogP contribution in [0.3, 0.4) is 0 Å². The van der Waals surface area contributed by atoms with Crippen molar-refractivity contribution < 1.29 is 5.11 Å². The van der Waals surface area contributed by atoms with Gasteiger partial charge in [-0.05, 0) is 49.9 Å². The van der Waals surface area contributed by atoms with Crippen LogP contribution in [0.25, 0.3) is 0 Å². The summed E-state index contributed by atoms with van der Waals surface area (Å²) in [4.78, 5) is 0. The molecule has 2 fully saturated rings. The lowest BCUT2D eigenvalue weighted by Crippen LogP contribution is -2.19. The molecule has 3 unspecified atom stereocenters. The maximum absolute atomic E-state index is 9.19. The Morgan fingerprint density at radius 2 is 2.42 bits per heavy atom. The van der Waals surface area contributed by atoms with Crippen molar-refractivity contribution >= 4 is 0 Å². The van der Waals surface area contributed by atoms with Gasteiger partial charge in [0.05, 0.1) is 0 Å². The predicted octanol–water partition coefficient (Wildman–Crippen LogP) is 2.36. The van der Waals surface area contributed by atoms with Gasteiger partial charge in [-0.1, -0.05) is 12.2 Å². The van der Waals surface area contributed by atoms with Gasteiger partial charge in [-0.15, -0.1) is 0 Å². The smallest absolute Gasteiger partial charge is 0.0490 e. The van der Waals surface area contributed by atoms with Crippen molar-refractivity contribution in [3.63, 3.8) is 0 Å². The highest BCUT2D eigenvalue weighted by molar-refractivity contribution is 5.10. The van der Waals surface area contributed by atoms with Gasteiger partial charge in [0.1, 0.15) is 0 Å². The third-order valence-electron chi connectivity index (χ3n) is 3.93. The number of allylic oxidation sites excluding steroid dienone is 1. The van der Waals surface area contributed by atoms with Gasteiger partial charge in [-0.25, -0.2) is 0 Å². The van der Waals surface area contributed by atoms with Crippen molar-refractivity contribution in [2.45, 2.75) is 32.6 Å². The summed E-state index contributed by atoms with van der Waals surface area (Å²) in [5.41, 5.74) is 1.71. The average Bonchev–Trinajstić information content (AvgIpc) is 2.77. The van der Waals surface area contributed by atoms with E-state index in [0.29, 0.717) is 12.0 Å². The first kappa shape index (κ1) is 8.31. The summed E-state index contributed by atoms with van der Waals surface area (Å²) in [5, 5.41) is 9.19. The maximum atomic E-state index is 9.19. The normalized spacial score (nSPS) is 45.2. The van der Waals surface area contributed by atoms with Crippen LogP contribution in [-0.4, -0.2) is 11.7 Å². The van der Waals surface area contributed by atoms with Crippen molar-refractivity contribution in [1.82, 2.24) is 0 Å². The Morgan fingerprint density at radius 3 is 2.92 bits per heavy atom. The van der Waals surface area contributed by atoms with Gasteiger partial charge in [0, 0.05) is 6.61 Å². The monoisotopic (exact) mass is 166 g/mol. The maximum Gasteiger partial charge on any atom is 0.0490 e. The Labute approximate surface area is 74.5 Å². The molecule has 0 aliphatic heterocycles. The lowest BCUT2D eigenvalue weighted by molar-refractivity contribution is 0.158. The molecule has 2 rings (SSSR count). The topological polar surface area (TPSA) is 20.2 Å². The Kier molecular flexibility index (Phi) is 1.80. The number of hydrogen-bond donors (Lipinski definition) is 1. The first-order chi connectivity index (χ1) is 5.68. The third kappa shape index (κ3) is 1.11. The van der Waals surface area contributed by atoms with E-state index in [0.717, 1.165) is 11.8 Å². The summed E-state index contributed by atoms with van der Waals surface area (Å²) in [5.74, 6) is 1.56. The number of aliphatic hydroxyl groups is 1. The van der Waals surface area contributed by atoms with Gasteiger partial charge in [0.25, 0.3) is 0 Å². The highest BCUT2D eigenvalue weighted by atomic mass is 16.3. The predicted molar refractivity (Wildman–Crippen MR) is 49.8 cm³/mol. The Bertz CT molecular complexity index is 209. The molecule has 1 N–H and O–H groups in total. The van der Waals surface area contributed by atoms with Gasteiger partial charge in [-0.3, -0.25) is 0 Å². The average molecular weight is 166 g/mol. The molecule has 0 heterocycles. The van der Waals surface area contributed by atoms with Gasteiger partial charge in [0.2, 0.25) is 0 Å². The molecule has 1 heteroatoms. The molecule has 0 aromatic rings. The highest BCUT2D eigenvalue weighted by Crippen LogP contribution is 2.62. The number of rotatable bonds is 2. The molecule has 0 amide bonds.